The van der Waals surface area contributed by atoms with E-state index in [0.29, 0.717) is 6.42 Å². The van der Waals surface area contributed by atoms with Gasteiger partial charge in [0.15, 0.2) is 4.99 Å². The maximum atomic E-state index is 10.0. The minimum absolute atomic E-state index is 0.407. The van der Waals surface area contributed by atoms with E-state index in [1.807, 2.05) is 0 Å². The molecule has 0 spiro atoms. The van der Waals surface area contributed by atoms with E-state index in [0.717, 1.165) is 0 Å². The van der Waals surface area contributed by atoms with E-state index in [1.54, 1.807) is 6.92 Å². The summed E-state index contributed by atoms with van der Waals surface area (Å²) in [5, 5.41) is 0. The zero-order valence-corrected chi connectivity index (χ0v) is 6.86. The highest BCUT2D eigenvalue weighted by molar-refractivity contribution is 7.90. The van der Waals surface area contributed by atoms with Crippen LogP contribution in [0.5, 0.6) is 0 Å². The predicted molar refractivity (Wildman–Crippen MR) is 34.9 cm³/mol. The fraction of sp³-hybridized carbons (Fsp3) is 1.00. The standard InChI is InChI=1S/C3H9O3PS/c1-2-3(7)8(4,5)6/h3H,2,7H2,1H3,(H,4,5,6). The Balaban J connectivity index is 4.04. The van der Waals surface area contributed by atoms with Crippen LogP contribution in [0.4, 0.5) is 0 Å². The van der Waals surface area contributed by atoms with Gasteiger partial charge in [-0.15, -0.1) is 0 Å². The van der Waals surface area contributed by atoms with E-state index < -0.39 is 15.1 Å². The van der Waals surface area contributed by atoms with E-state index in [1.165, 1.54) is 9.24 Å². The molecule has 5 heteroatoms. The molecule has 50 valence electrons. The van der Waals surface area contributed by atoms with Crippen LogP contribution in [0.1, 0.15) is 13.3 Å². The molecule has 0 saturated heterocycles. The van der Waals surface area contributed by atoms with Gasteiger partial charge < -0.3 is 4.55 Å². The Labute approximate surface area is 51.4 Å². The quantitative estimate of drug-likeness (QED) is 0.413. The Morgan fingerprint density at radius 1 is 1.75 bits per heavy atom. The minimum atomic E-state index is -3.99. The van der Waals surface area contributed by atoms with Crippen molar-refractivity contribution in [3.63, 3.8) is 0 Å². The minimum Gasteiger partial charge on any atom is -0.745 e. The zero-order chi connectivity index (χ0) is 6.78. The second kappa shape index (κ2) is 2.76. The summed E-state index contributed by atoms with van der Waals surface area (Å²) in [6.45, 7) is 1.67. The van der Waals surface area contributed by atoms with E-state index in [9.17, 15) is 13.0 Å². The van der Waals surface area contributed by atoms with Crippen molar-refractivity contribution >= 4 is 19.4 Å². The van der Waals surface area contributed by atoms with Gasteiger partial charge in [-0.25, -0.2) is 8.42 Å². The summed E-state index contributed by atoms with van der Waals surface area (Å²) in [7, 11) is -2.78. The molecule has 0 aromatic heterocycles. The molecule has 0 aromatic carbocycles. The van der Waals surface area contributed by atoms with Gasteiger partial charge in [-0.3, -0.25) is 0 Å². The lowest BCUT2D eigenvalue weighted by Gasteiger charge is -2.07. The van der Waals surface area contributed by atoms with Gasteiger partial charge in [0.25, 0.3) is 0 Å². The number of rotatable bonds is 2. The van der Waals surface area contributed by atoms with Crippen molar-refractivity contribution in [1.29, 1.82) is 0 Å². The predicted octanol–water partition coefficient (Wildman–Crippen LogP) is -0.125. The summed E-state index contributed by atoms with van der Waals surface area (Å²) in [5.41, 5.74) is 0. The molecular formula is C3H9O3PS. The molecule has 2 unspecified atom stereocenters. The fourth-order valence-electron chi connectivity index (χ4n) is 0.204. The van der Waals surface area contributed by atoms with Crippen LogP contribution in [-0.2, 0) is 10.1 Å². The van der Waals surface area contributed by atoms with Gasteiger partial charge in [0.1, 0.15) is 10.1 Å². The summed E-state index contributed by atoms with van der Waals surface area (Å²) in [4.78, 5) is -0.706. The zero-order valence-electron chi connectivity index (χ0n) is 4.62. The third-order valence-corrected chi connectivity index (χ3v) is 3.82. The lowest BCUT2D eigenvalue weighted by molar-refractivity contribution is 0.459. The highest BCUT2D eigenvalue weighted by Gasteiger charge is 2.09. The van der Waals surface area contributed by atoms with Crippen molar-refractivity contribution in [1.82, 2.24) is 0 Å². The van der Waals surface area contributed by atoms with Gasteiger partial charge in [-0.2, -0.15) is 0 Å². The summed E-state index contributed by atoms with van der Waals surface area (Å²) >= 11 is 0. The Hall–Kier alpha value is 0.340. The second-order valence-electron chi connectivity index (χ2n) is 1.52. The molecule has 0 amide bonds. The molecule has 0 aliphatic carbocycles. The van der Waals surface area contributed by atoms with Gasteiger partial charge in [-0.1, -0.05) is 6.92 Å². The topological polar surface area (TPSA) is 57.2 Å². The summed E-state index contributed by atoms with van der Waals surface area (Å²) < 4.78 is 30.0. The van der Waals surface area contributed by atoms with E-state index in [4.69, 9.17) is 0 Å². The summed E-state index contributed by atoms with van der Waals surface area (Å²) in [5.74, 6) is 0. The molecule has 0 radical (unpaired) electrons. The average Bonchev–Trinajstić information content (AvgIpc) is 1.62. The summed E-state index contributed by atoms with van der Waals surface area (Å²) in [6.07, 6.45) is 0.407. The van der Waals surface area contributed by atoms with E-state index >= 15 is 0 Å². The third kappa shape index (κ3) is 2.60. The van der Waals surface area contributed by atoms with E-state index in [-0.39, 0.29) is 0 Å². The Morgan fingerprint density at radius 3 is 2.12 bits per heavy atom. The maximum absolute atomic E-state index is 10.0. The first kappa shape index (κ1) is 8.34. The first-order valence-electron chi connectivity index (χ1n) is 2.26. The maximum Gasteiger partial charge on any atom is 0.150 e. The van der Waals surface area contributed by atoms with Crippen molar-refractivity contribution in [2.75, 3.05) is 0 Å². The highest BCUT2D eigenvalue weighted by atomic mass is 32.2. The monoisotopic (exact) mass is 156 g/mol. The smallest absolute Gasteiger partial charge is 0.150 e. The van der Waals surface area contributed by atoms with Crippen LogP contribution in [0.3, 0.4) is 0 Å². The van der Waals surface area contributed by atoms with Crippen LogP contribution in [0.25, 0.3) is 0 Å². The molecule has 8 heavy (non-hydrogen) atoms. The van der Waals surface area contributed by atoms with Crippen molar-refractivity contribution in [2.45, 2.75) is 18.3 Å². The molecule has 0 heterocycles. The largest absolute Gasteiger partial charge is 0.745 e. The van der Waals surface area contributed by atoms with Gasteiger partial charge in [0, 0.05) is 0 Å². The molecule has 3 nitrogen and oxygen atoms in total. The van der Waals surface area contributed by atoms with Crippen LogP contribution in [0, 0.1) is 0 Å². The number of hydrogen-bond acceptors (Lipinski definition) is 3. The SMILES string of the molecule is CCC([PH3+])S(=O)(=O)[O-]. The third-order valence-electron chi connectivity index (χ3n) is 0.864. The lowest BCUT2D eigenvalue weighted by atomic mass is 10.6. The van der Waals surface area contributed by atoms with E-state index in [2.05, 4.69) is 0 Å². The van der Waals surface area contributed by atoms with Crippen LogP contribution in [0.15, 0.2) is 0 Å². The van der Waals surface area contributed by atoms with Crippen LogP contribution < -0.4 is 0 Å². The molecule has 0 N–H and O–H groups in total. The molecule has 0 rings (SSSR count). The lowest BCUT2D eigenvalue weighted by Crippen LogP contribution is -2.11. The van der Waals surface area contributed by atoms with Crippen molar-refractivity contribution < 1.29 is 13.0 Å². The van der Waals surface area contributed by atoms with Crippen LogP contribution >= 0.6 is 9.24 Å². The van der Waals surface area contributed by atoms with Crippen molar-refractivity contribution in [3.8, 4) is 0 Å². The normalized spacial score (nSPS) is 16.2. The molecule has 0 bridgehead atoms. The van der Waals surface area contributed by atoms with Gasteiger partial charge in [0.05, 0.1) is 0 Å². The average molecular weight is 156 g/mol. The molecule has 0 aliphatic heterocycles. The van der Waals surface area contributed by atoms with Gasteiger partial charge >= 0.3 is 0 Å². The van der Waals surface area contributed by atoms with Gasteiger partial charge in [0.2, 0.25) is 0 Å². The van der Waals surface area contributed by atoms with Gasteiger partial charge in [-0.05, 0) is 15.7 Å². The molecule has 0 aliphatic rings. The van der Waals surface area contributed by atoms with Crippen molar-refractivity contribution in [3.05, 3.63) is 0 Å². The Morgan fingerprint density at radius 2 is 2.12 bits per heavy atom. The second-order valence-corrected chi connectivity index (χ2v) is 4.75. The number of hydrogen-bond donors (Lipinski definition) is 0. The van der Waals surface area contributed by atoms with Crippen LogP contribution in [-0.4, -0.2) is 18.0 Å². The summed E-state index contributed by atoms with van der Waals surface area (Å²) in [6, 6.07) is 0. The van der Waals surface area contributed by atoms with Crippen LogP contribution in [0.2, 0.25) is 0 Å². The Bertz CT molecular complexity index is 150. The fourth-order valence-corrected chi connectivity index (χ4v) is 0.612. The molecular weight excluding hydrogens is 147 g/mol. The molecule has 0 saturated carbocycles. The molecule has 0 fully saturated rings. The molecule has 0 aromatic rings. The Kier molecular flexibility index (Phi) is 2.88. The first-order chi connectivity index (χ1) is 3.48. The first-order valence-corrected chi connectivity index (χ1v) is 4.55. The molecule has 2 atom stereocenters. The van der Waals surface area contributed by atoms with Crippen molar-refractivity contribution in [2.24, 2.45) is 0 Å². The highest BCUT2D eigenvalue weighted by Crippen LogP contribution is 2.10.